The minimum atomic E-state index is -0.482. The van der Waals surface area contributed by atoms with Crippen LogP contribution in [0.15, 0.2) is 53.6 Å². The van der Waals surface area contributed by atoms with E-state index in [0.29, 0.717) is 22.5 Å². The first-order chi connectivity index (χ1) is 14.4. The van der Waals surface area contributed by atoms with Crippen LogP contribution in [0.1, 0.15) is 54.9 Å². The number of hydrogen-bond acceptors (Lipinski definition) is 5. The van der Waals surface area contributed by atoms with Gasteiger partial charge in [-0.2, -0.15) is 5.10 Å². The number of nitro groups is 1. The number of amides is 2. The number of nitrogens with one attached hydrogen (secondary N) is 2. The minimum absolute atomic E-state index is 0.0316. The number of hydrazone groups is 1. The SMILES string of the molecule is CC(=NNC(=O)c1ccc(NC(=O)C2CCCCC2)cc1)c1cccc([N+](=O)[O-])c1. The Kier molecular flexibility index (Phi) is 6.90. The number of anilines is 1. The minimum Gasteiger partial charge on any atom is -0.326 e. The molecule has 1 saturated carbocycles. The van der Waals surface area contributed by atoms with Crippen molar-refractivity contribution in [3.8, 4) is 0 Å². The fourth-order valence-corrected chi connectivity index (χ4v) is 3.42. The fourth-order valence-electron chi connectivity index (χ4n) is 3.42. The van der Waals surface area contributed by atoms with Crippen molar-refractivity contribution in [3.63, 3.8) is 0 Å². The number of benzene rings is 2. The van der Waals surface area contributed by atoms with Crippen LogP contribution >= 0.6 is 0 Å². The van der Waals surface area contributed by atoms with E-state index < -0.39 is 10.8 Å². The second-order valence-corrected chi connectivity index (χ2v) is 7.35. The Bertz CT molecular complexity index is 963. The molecule has 0 spiro atoms. The molecule has 0 saturated heterocycles. The van der Waals surface area contributed by atoms with Crippen LogP contribution in [0.5, 0.6) is 0 Å². The van der Waals surface area contributed by atoms with Crippen LogP contribution in [-0.2, 0) is 4.79 Å². The number of non-ortho nitro benzene ring substituents is 1. The molecule has 1 aliphatic carbocycles. The monoisotopic (exact) mass is 408 g/mol. The second kappa shape index (κ2) is 9.78. The van der Waals surface area contributed by atoms with Crippen molar-refractivity contribution in [1.29, 1.82) is 0 Å². The summed E-state index contributed by atoms with van der Waals surface area (Å²) in [7, 11) is 0. The summed E-state index contributed by atoms with van der Waals surface area (Å²) in [5.41, 5.74) is 4.44. The van der Waals surface area contributed by atoms with Gasteiger partial charge in [-0.3, -0.25) is 19.7 Å². The van der Waals surface area contributed by atoms with E-state index >= 15 is 0 Å². The van der Waals surface area contributed by atoms with Crippen molar-refractivity contribution < 1.29 is 14.5 Å². The predicted octanol–water partition coefficient (Wildman–Crippen LogP) is 4.27. The fraction of sp³-hybridized carbons (Fsp3) is 0.318. The predicted molar refractivity (Wildman–Crippen MR) is 114 cm³/mol. The third kappa shape index (κ3) is 5.50. The lowest BCUT2D eigenvalue weighted by Gasteiger charge is -2.20. The molecule has 2 aromatic rings. The van der Waals surface area contributed by atoms with Crippen LogP contribution in [0.3, 0.4) is 0 Å². The van der Waals surface area contributed by atoms with Gasteiger partial charge in [0.05, 0.1) is 10.6 Å². The zero-order valence-electron chi connectivity index (χ0n) is 16.8. The molecule has 1 fully saturated rings. The number of nitrogens with zero attached hydrogens (tertiary/aromatic N) is 2. The van der Waals surface area contributed by atoms with E-state index in [1.54, 1.807) is 43.3 Å². The van der Waals surface area contributed by atoms with Crippen molar-refractivity contribution >= 4 is 28.9 Å². The zero-order valence-corrected chi connectivity index (χ0v) is 16.8. The van der Waals surface area contributed by atoms with Gasteiger partial charge in [0, 0.05) is 34.9 Å². The van der Waals surface area contributed by atoms with E-state index in [-0.39, 0.29) is 17.5 Å². The van der Waals surface area contributed by atoms with Gasteiger partial charge in [0.1, 0.15) is 0 Å². The Morgan fingerprint density at radius 3 is 2.40 bits per heavy atom. The number of carbonyl (C=O) groups excluding carboxylic acids is 2. The lowest BCUT2D eigenvalue weighted by Crippen LogP contribution is -2.24. The topological polar surface area (TPSA) is 114 Å². The molecule has 8 heteroatoms. The normalized spacial score (nSPS) is 14.8. The lowest BCUT2D eigenvalue weighted by molar-refractivity contribution is -0.384. The van der Waals surface area contributed by atoms with E-state index in [1.165, 1.54) is 18.6 Å². The van der Waals surface area contributed by atoms with Crippen molar-refractivity contribution in [2.45, 2.75) is 39.0 Å². The van der Waals surface area contributed by atoms with Crippen LogP contribution in [0.4, 0.5) is 11.4 Å². The van der Waals surface area contributed by atoms with Crippen molar-refractivity contribution in [2.24, 2.45) is 11.0 Å². The molecule has 0 aromatic heterocycles. The van der Waals surface area contributed by atoms with Crippen LogP contribution in [-0.4, -0.2) is 22.4 Å². The molecule has 1 aliphatic rings. The average Bonchev–Trinajstić information content (AvgIpc) is 2.78. The second-order valence-electron chi connectivity index (χ2n) is 7.35. The molecule has 0 atom stereocenters. The maximum atomic E-state index is 12.3. The highest BCUT2D eigenvalue weighted by atomic mass is 16.6. The quantitative estimate of drug-likeness (QED) is 0.422. The smallest absolute Gasteiger partial charge is 0.271 e. The van der Waals surface area contributed by atoms with Crippen LogP contribution in [0, 0.1) is 16.0 Å². The first-order valence-electron chi connectivity index (χ1n) is 9.94. The molecule has 0 unspecified atom stereocenters. The van der Waals surface area contributed by atoms with Gasteiger partial charge in [0.15, 0.2) is 0 Å². The maximum absolute atomic E-state index is 12.3. The Hall–Kier alpha value is -3.55. The lowest BCUT2D eigenvalue weighted by atomic mass is 9.88. The Labute approximate surface area is 174 Å². The molecular formula is C22H24N4O4. The zero-order chi connectivity index (χ0) is 21.5. The van der Waals surface area contributed by atoms with Crippen molar-refractivity contribution in [2.75, 3.05) is 5.32 Å². The van der Waals surface area contributed by atoms with Gasteiger partial charge < -0.3 is 5.32 Å². The Morgan fingerprint density at radius 1 is 1.03 bits per heavy atom. The number of carbonyl (C=O) groups is 2. The van der Waals surface area contributed by atoms with Gasteiger partial charge >= 0.3 is 0 Å². The maximum Gasteiger partial charge on any atom is 0.271 e. The van der Waals surface area contributed by atoms with Gasteiger partial charge in [-0.1, -0.05) is 31.4 Å². The van der Waals surface area contributed by atoms with E-state index in [1.807, 2.05) is 0 Å². The molecule has 2 aromatic carbocycles. The summed E-state index contributed by atoms with van der Waals surface area (Å²) in [6.07, 6.45) is 5.22. The summed E-state index contributed by atoms with van der Waals surface area (Å²) in [6.45, 7) is 1.66. The molecule has 156 valence electrons. The molecule has 0 radical (unpaired) electrons. The third-order valence-electron chi connectivity index (χ3n) is 5.19. The molecule has 3 rings (SSSR count). The summed E-state index contributed by atoms with van der Waals surface area (Å²) in [5.74, 6) is -0.318. The highest BCUT2D eigenvalue weighted by Crippen LogP contribution is 2.25. The summed E-state index contributed by atoms with van der Waals surface area (Å²) >= 11 is 0. The van der Waals surface area contributed by atoms with Gasteiger partial charge in [-0.05, 0) is 44.0 Å². The number of nitro benzene ring substituents is 1. The van der Waals surface area contributed by atoms with E-state index in [0.717, 1.165) is 25.7 Å². The average molecular weight is 408 g/mol. The Balaban J connectivity index is 1.59. The standard InChI is InChI=1S/C22H24N4O4/c1-15(18-8-5-9-20(14-18)26(29)30)24-25-22(28)17-10-12-19(13-11-17)23-21(27)16-6-3-2-4-7-16/h5,8-14,16H,2-4,6-7H2,1H3,(H,23,27)(H,25,28). The van der Waals surface area contributed by atoms with Gasteiger partial charge in [-0.15, -0.1) is 0 Å². The summed E-state index contributed by atoms with van der Waals surface area (Å²) in [4.78, 5) is 35.0. The first-order valence-corrected chi connectivity index (χ1v) is 9.94. The van der Waals surface area contributed by atoms with E-state index in [9.17, 15) is 19.7 Å². The molecule has 0 aliphatic heterocycles. The molecule has 0 heterocycles. The number of rotatable bonds is 6. The van der Waals surface area contributed by atoms with Crippen molar-refractivity contribution in [1.82, 2.24) is 5.43 Å². The first kappa shape index (κ1) is 21.2. The van der Waals surface area contributed by atoms with Gasteiger partial charge in [0.2, 0.25) is 5.91 Å². The van der Waals surface area contributed by atoms with E-state index in [4.69, 9.17) is 0 Å². The highest BCUT2D eigenvalue weighted by Gasteiger charge is 2.21. The largest absolute Gasteiger partial charge is 0.326 e. The molecule has 8 nitrogen and oxygen atoms in total. The van der Waals surface area contributed by atoms with Crippen LogP contribution in [0.25, 0.3) is 0 Å². The molecule has 30 heavy (non-hydrogen) atoms. The van der Waals surface area contributed by atoms with Gasteiger partial charge in [-0.25, -0.2) is 5.43 Å². The van der Waals surface area contributed by atoms with Gasteiger partial charge in [0.25, 0.3) is 11.6 Å². The molecule has 2 amide bonds. The van der Waals surface area contributed by atoms with Crippen molar-refractivity contribution in [3.05, 3.63) is 69.8 Å². The van der Waals surface area contributed by atoms with Crippen LogP contribution in [0.2, 0.25) is 0 Å². The summed E-state index contributed by atoms with van der Waals surface area (Å²) < 4.78 is 0. The highest BCUT2D eigenvalue weighted by molar-refractivity contribution is 6.01. The summed E-state index contributed by atoms with van der Waals surface area (Å²) in [6, 6.07) is 12.6. The number of hydrogen-bond donors (Lipinski definition) is 2. The molecular weight excluding hydrogens is 384 g/mol. The molecule has 0 bridgehead atoms. The third-order valence-corrected chi connectivity index (χ3v) is 5.19. The van der Waals surface area contributed by atoms with E-state index in [2.05, 4.69) is 15.8 Å². The summed E-state index contributed by atoms with van der Waals surface area (Å²) in [5, 5.41) is 17.8. The molecule has 2 N–H and O–H groups in total. The van der Waals surface area contributed by atoms with Crippen LogP contribution < -0.4 is 10.7 Å². The Morgan fingerprint density at radius 2 is 1.73 bits per heavy atom.